The molecule has 1 saturated carbocycles. The summed E-state index contributed by atoms with van der Waals surface area (Å²) in [6.07, 6.45) is 4.20. The van der Waals surface area contributed by atoms with E-state index in [0.29, 0.717) is 10.8 Å². The summed E-state index contributed by atoms with van der Waals surface area (Å²) in [5.74, 6) is 0.176. The maximum absolute atomic E-state index is 11.9. The van der Waals surface area contributed by atoms with Gasteiger partial charge in [-0.15, -0.1) is 11.3 Å². The minimum Gasteiger partial charge on any atom is -0.302 e. The lowest BCUT2D eigenvalue weighted by atomic mass is 9.85. The highest BCUT2D eigenvalue weighted by atomic mass is 32.2. The zero-order valence-electron chi connectivity index (χ0n) is 13.5. The van der Waals surface area contributed by atoms with E-state index in [0.717, 1.165) is 30.5 Å². The summed E-state index contributed by atoms with van der Waals surface area (Å²) < 4.78 is 24.3. The van der Waals surface area contributed by atoms with Gasteiger partial charge in [-0.1, -0.05) is 18.6 Å². The van der Waals surface area contributed by atoms with E-state index in [9.17, 15) is 13.2 Å². The number of amides is 1. The average Bonchev–Trinajstić information content (AvgIpc) is 2.92. The van der Waals surface area contributed by atoms with Gasteiger partial charge in [-0.05, 0) is 25.0 Å². The van der Waals surface area contributed by atoms with Crippen molar-refractivity contribution in [1.82, 2.24) is 4.98 Å². The van der Waals surface area contributed by atoms with Crippen LogP contribution in [0.2, 0.25) is 0 Å². The number of hydrogen-bond donors (Lipinski definition) is 1. The monoisotopic (exact) mass is 365 g/mol. The Labute approximate surface area is 145 Å². The van der Waals surface area contributed by atoms with E-state index in [2.05, 4.69) is 10.3 Å². The second-order valence-corrected chi connectivity index (χ2v) is 8.80. The smallest absolute Gasteiger partial charge is 0.231 e. The molecule has 1 heterocycles. The molecule has 8 heteroatoms. The first-order valence-corrected chi connectivity index (χ1v) is 10.4. The van der Waals surface area contributed by atoms with E-state index in [4.69, 9.17) is 0 Å². The van der Waals surface area contributed by atoms with Crippen molar-refractivity contribution in [2.75, 3.05) is 22.9 Å². The molecule has 2 aromatic rings. The van der Waals surface area contributed by atoms with E-state index in [1.54, 1.807) is 12.1 Å². The molecule has 24 heavy (non-hydrogen) atoms. The number of thiazole rings is 1. The molecular weight excluding hydrogens is 346 g/mol. The van der Waals surface area contributed by atoms with Gasteiger partial charge in [-0.25, -0.2) is 13.4 Å². The molecule has 1 fully saturated rings. The molecule has 1 aliphatic carbocycles. The van der Waals surface area contributed by atoms with Crippen LogP contribution in [0, 0.1) is 5.92 Å². The fourth-order valence-electron chi connectivity index (χ4n) is 2.38. The highest BCUT2D eigenvalue weighted by Crippen LogP contribution is 2.30. The minimum atomic E-state index is -3.28. The Morgan fingerprint density at radius 2 is 1.96 bits per heavy atom. The maximum atomic E-state index is 11.9. The molecule has 0 atom stereocenters. The largest absolute Gasteiger partial charge is 0.302 e. The third-order valence-electron chi connectivity index (χ3n) is 4.23. The molecule has 1 aliphatic rings. The van der Waals surface area contributed by atoms with Gasteiger partial charge in [0.1, 0.15) is 0 Å². The molecule has 1 aromatic carbocycles. The molecule has 1 N–H and O–H groups in total. The van der Waals surface area contributed by atoms with Crippen LogP contribution in [0.15, 0.2) is 29.6 Å². The maximum Gasteiger partial charge on any atom is 0.231 e. The first-order valence-electron chi connectivity index (χ1n) is 7.65. The lowest BCUT2D eigenvalue weighted by Gasteiger charge is -2.23. The van der Waals surface area contributed by atoms with E-state index in [-0.39, 0.29) is 11.8 Å². The number of anilines is 2. The van der Waals surface area contributed by atoms with E-state index in [1.165, 1.54) is 28.9 Å². The lowest BCUT2D eigenvalue weighted by molar-refractivity contribution is -0.122. The van der Waals surface area contributed by atoms with Gasteiger partial charge in [0.2, 0.25) is 15.9 Å². The third-order valence-corrected chi connectivity index (χ3v) is 6.20. The van der Waals surface area contributed by atoms with E-state index >= 15 is 0 Å². The molecule has 1 aromatic heterocycles. The first kappa shape index (κ1) is 16.9. The van der Waals surface area contributed by atoms with Gasteiger partial charge in [0.15, 0.2) is 5.13 Å². The lowest BCUT2D eigenvalue weighted by Crippen LogP contribution is -2.27. The first-order chi connectivity index (χ1) is 11.3. The van der Waals surface area contributed by atoms with Crippen molar-refractivity contribution in [3.05, 3.63) is 29.6 Å². The Kier molecular flexibility index (Phi) is 4.60. The number of nitrogens with one attached hydrogen (secondary N) is 1. The molecule has 0 bridgehead atoms. The van der Waals surface area contributed by atoms with Gasteiger partial charge >= 0.3 is 0 Å². The highest BCUT2D eigenvalue weighted by Gasteiger charge is 2.25. The van der Waals surface area contributed by atoms with Crippen LogP contribution in [-0.4, -0.2) is 32.6 Å². The molecule has 0 aliphatic heterocycles. The zero-order chi connectivity index (χ0) is 17.3. The van der Waals surface area contributed by atoms with Gasteiger partial charge in [0, 0.05) is 23.9 Å². The van der Waals surface area contributed by atoms with Crippen molar-refractivity contribution < 1.29 is 13.2 Å². The Morgan fingerprint density at radius 1 is 1.29 bits per heavy atom. The molecule has 0 spiro atoms. The van der Waals surface area contributed by atoms with Crippen molar-refractivity contribution in [3.8, 4) is 11.3 Å². The topological polar surface area (TPSA) is 79.4 Å². The molecule has 0 saturated heterocycles. The fraction of sp³-hybridized carbons (Fsp3) is 0.375. The van der Waals surface area contributed by atoms with Gasteiger partial charge in [0.05, 0.1) is 17.6 Å². The number of aromatic nitrogens is 1. The van der Waals surface area contributed by atoms with Crippen molar-refractivity contribution in [2.45, 2.75) is 19.3 Å². The average molecular weight is 365 g/mol. The minimum absolute atomic E-state index is 0.0484. The highest BCUT2D eigenvalue weighted by molar-refractivity contribution is 7.92. The van der Waals surface area contributed by atoms with Gasteiger partial charge < -0.3 is 5.32 Å². The van der Waals surface area contributed by atoms with Crippen LogP contribution < -0.4 is 9.62 Å². The zero-order valence-corrected chi connectivity index (χ0v) is 15.2. The Balaban J connectivity index is 1.72. The van der Waals surface area contributed by atoms with Crippen LogP contribution in [0.5, 0.6) is 0 Å². The van der Waals surface area contributed by atoms with Crippen molar-refractivity contribution in [3.63, 3.8) is 0 Å². The van der Waals surface area contributed by atoms with E-state index in [1.807, 2.05) is 17.5 Å². The number of carbonyl (C=O) groups is 1. The molecule has 0 unspecified atom stereocenters. The number of benzene rings is 1. The number of rotatable bonds is 5. The predicted molar refractivity (Wildman–Crippen MR) is 96.8 cm³/mol. The predicted octanol–water partition coefficient (Wildman–Crippen LogP) is 2.94. The molecule has 1 amide bonds. The summed E-state index contributed by atoms with van der Waals surface area (Å²) in [7, 11) is -1.76. The standard InChI is InChI=1S/C16H19N3O3S2/c1-19(24(2,21)22)13-8-6-11(7-9-13)14-10-23-16(17-14)18-15(20)12-4-3-5-12/h6-10,12H,3-5H2,1-2H3,(H,17,18,20). The van der Waals surface area contributed by atoms with Crippen LogP contribution >= 0.6 is 11.3 Å². The second kappa shape index (κ2) is 6.52. The Morgan fingerprint density at radius 3 is 2.50 bits per heavy atom. The van der Waals surface area contributed by atoms with Crippen LogP contribution in [0.3, 0.4) is 0 Å². The normalized spacial score (nSPS) is 14.9. The van der Waals surface area contributed by atoms with E-state index < -0.39 is 10.0 Å². The molecule has 0 radical (unpaired) electrons. The van der Waals surface area contributed by atoms with Crippen LogP contribution in [0.1, 0.15) is 19.3 Å². The summed E-state index contributed by atoms with van der Waals surface area (Å²) in [5.41, 5.74) is 2.23. The molecular formula is C16H19N3O3S2. The quantitative estimate of drug-likeness (QED) is 0.883. The SMILES string of the molecule is CN(c1ccc(-c2csc(NC(=O)C3CCC3)n2)cc1)S(C)(=O)=O. The number of nitrogens with zero attached hydrogens (tertiary/aromatic N) is 2. The van der Waals surface area contributed by atoms with Crippen molar-refractivity contribution in [2.24, 2.45) is 5.92 Å². The van der Waals surface area contributed by atoms with Crippen molar-refractivity contribution >= 4 is 38.1 Å². The van der Waals surface area contributed by atoms with Gasteiger partial charge in [-0.2, -0.15) is 0 Å². The second-order valence-electron chi connectivity index (χ2n) is 5.93. The number of sulfonamides is 1. The van der Waals surface area contributed by atoms with Crippen LogP contribution in [0.25, 0.3) is 11.3 Å². The summed E-state index contributed by atoms with van der Waals surface area (Å²) in [5, 5.41) is 5.34. The molecule has 128 valence electrons. The Hall–Kier alpha value is -1.93. The van der Waals surface area contributed by atoms with Gasteiger partial charge in [-0.3, -0.25) is 9.10 Å². The number of hydrogen-bond acceptors (Lipinski definition) is 5. The number of carbonyl (C=O) groups excluding carboxylic acids is 1. The molecule has 3 rings (SSSR count). The molecule has 6 nitrogen and oxygen atoms in total. The summed E-state index contributed by atoms with van der Waals surface area (Å²) in [4.78, 5) is 16.4. The van der Waals surface area contributed by atoms with Crippen molar-refractivity contribution in [1.29, 1.82) is 0 Å². The summed E-state index contributed by atoms with van der Waals surface area (Å²) in [6, 6.07) is 7.12. The third kappa shape index (κ3) is 3.59. The fourth-order valence-corrected chi connectivity index (χ4v) is 3.60. The summed E-state index contributed by atoms with van der Waals surface area (Å²) >= 11 is 1.39. The Bertz CT molecular complexity index is 840. The summed E-state index contributed by atoms with van der Waals surface area (Å²) in [6.45, 7) is 0. The van der Waals surface area contributed by atoms with Gasteiger partial charge in [0.25, 0.3) is 0 Å². The van der Waals surface area contributed by atoms with Crippen LogP contribution in [-0.2, 0) is 14.8 Å². The van der Waals surface area contributed by atoms with Crippen LogP contribution in [0.4, 0.5) is 10.8 Å².